The molecule has 3 rings (SSSR count). The van der Waals surface area contributed by atoms with Crippen LogP contribution in [0.25, 0.3) is 0 Å². The minimum Gasteiger partial charge on any atom is -0.375 e. The van der Waals surface area contributed by atoms with E-state index < -0.39 is 0 Å². The van der Waals surface area contributed by atoms with Crippen molar-refractivity contribution >= 4 is 11.6 Å². The van der Waals surface area contributed by atoms with Gasteiger partial charge in [-0.1, -0.05) is 13.3 Å². The lowest BCUT2D eigenvalue weighted by Crippen LogP contribution is -2.38. The van der Waals surface area contributed by atoms with Gasteiger partial charge in [0.2, 0.25) is 0 Å². The van der Waals surface area contributed by atoms with Crippen molar-refractivity contribution in [3.63, 3.8) is 0 Å². The largest absolute Gasteiger partial charge is 0.375 e. The minimum absolute atomic E-state index is 0.192. The number of hydrogen-bond donors (Lipinski definition) is 0. The van der Waals surface area contributed by atoms with Crippen LogP contribution in [-0.2, 0) is 0 Å². The summed E-state index contributed by atoms with van der Waals surface area (Å²) >= 11 is 0. The maximum atomic E-state index is 13.0. The molecule has 0 radical (unpaired) electrons. The van der Waals surface area contributed by atoms with Gasteiger partial charge in [-0.25, -0.2) is 0 Å². The number of hydrogen-bond acceptors (Lipinski definition) is 3. The smallest absolute Gasteiger partial charge is 0.254 e. The lowest BCUT2D eigenvalue weighted by molar-refractivity contribution is 0.0737. The highest BCUT2D eigenvalue weighted by Crippen LogP contribution is 2.27. The third kappa shape index (κ3) is 4.17. The molecule has 0 aliphatic carbocycles. The predicted octanol–water partition coefficient (Wildman–Crippen LogP) is 3.62. The first-order valence-corrected chi connectivity index (χ1v) is 9.96. The maximum Gasteiger partial charge on any atom is 0.254 e. The second kappa shape index (κ2) is 8.22. The topological polar surface area (TPSA) is 26.8 Å². The third-order valence-corrected chi connectivity index (χ3v) is 5.87. The molecule has 2 atom stereocenters. The predicted molar refractivity (Wildman–Crippen MR) is 104 cm³/mol. The zero-order valence-corrected chi connectivity index (χ0v) is 16.1. The van der Waals surface area contributed by atoms with Gasteiger partial charge in [-0.2, -0.15) is 0 Å². The van der Waals surface area contributed by atoms with E-state index in [0.29, 0.717) is 12.1 Å². The Labute approximate surface area is 152 Å². The molecular weight excluding hydrogens is 310 g/mol. The number of benzene rings is 1. The van der Waals surface area contributed by atoms with Gasteiger partial charge >= 0.3 is 0 Å². The van der Waals surface area contributed by atoms with Crippen LogP contribution in [0.5, 0.6) is 0 Å². The highest BCUT2D eigenvalue weighted by molar-refractivity contribution is 5.95. The molecule has 0 unspecified atom stereocenters. The third-order valence-electron chi connectivity index (χ3n) is 5.87. The molecule has 2 aliphatic heterocycles. The van der Waals surface area contributed by atoms with Crippen molar-refractivity contribution in [2.24, 2.45) is 0 Å². The molecule has 1 aromatic rings. The second-order valence-corrected chi connectivity index (χ2v) is 7.76. The fourth-order valence-corrected chi connectivity index (χ4v) is 4.21. The normalized spacial score (nSPS) is 24.0. The van der Waals surface area contributed by atoms with Crippen molar-refractivity contribution in [1.82, 2.24) is 9.80 Å². The van der Waals surface area contributed by atoms with Crippen LogP contribution in [0.15, 0.2) is 24.3 Å². The molecule has 0 bridgehead atoms. The maximum absolute atomic E-state index is 13.0. The Bertz CT molecular complexity index is 565. The molecule has 0 aromatic heterocycles. The molecule has 2 saturated heterocycles. The van der Waals surface area contributed by atoms with Crippen LogP contribution in [0.3, 0.4) is 0 Å². The number of anilines is 1. The summed E-state index contributed by atoms with van der Waals surface area (Å²) in [6.07, 6.45) is 6.13. The zero-order chi connectivity index (χ0) is 17.8. The Kier molecular flexibility index (Phi) is 6.00. The molecule has 4 nitrogen and oxygen atoms in total. The monoisotopic (exact) mass is 343 g/mol. The first kappa shape index (κ1) is 18.2. The van der Waals surface area contributed by atoms with Gasteiger partial charge in [-0.05, 0) is 70.0 Å². The molecule has 1 aromatic carbocycles. The van der Waals surface area contributed by atoms with E-state index in [-0.39, 0.29) is 5.91 Å². The van der Waals surface area contributed by atoms with Crippen molar-refractivity contribution in [3.05, 3.63) is 29.8 Å². The summed E-state index contributed by atoms with van der Waals surface area (Å²) in [5.41, 5.74) is 2.01. The van der Waals surface area contributed by atoms with Gasteiger partial charge in [0.15, 0.2) is 0 Å². The molecule has 1 amide bonds. The minimum atomic E-state index is 0.192. The molecule has 0 saturated carbocycles. The molecular formula is C21H33N3O. The average Bonchev–Trinajstić information content (AvgIpc) is 3.28. The number of amides is 1. The van der Waals surface area contributed by atoms with Gasteiger partial charge in [-0.15, -0.1) is 0 Å². The van der Waals surface area contributed by atoms with Crippen LogP contribution in [-0.4, -0.2) is 61.0 Å². The summed E-state index contributed by atoms with van der Waals surface area (Å²) < 4.78 is 0. The lowest BCUT2D eigenvalue weighted by atomic mass is 10.1. The second-order valence-electron chi connectivity index (χ2n) is 7.76. The summed E-state index contributed by atoms with van der Waals surface area (Å²) in [7, 11) is 2.12. The SMILES string of the molecule is CCCCN(C)c1ccc(C(=O)N2C[C@H](N3CCCC3)C[C@@H]2C)cc1. The summed E-state index contributed by atoms with van der Waals surface area (Å²) in [4.78, 5) is 19.9. The summed E-state index contributed by atoms with van der Waals surface area (Å²) in [6.45, 7) is 8.77. The summed E-state index contributed by atoms with van der Waals surface area (Å²) in [5.74, 6) is 0.192. The molecule has 4 heteroatoms. The average molecular weight is 344 g/mol. The first-order valence-electron chi connectivity index (χ1n) is 9.96. The van der Waals surface area contributed by atoms with Crippen molar-refractivity contribution in [2.75, 3.05) is 38.1 Å². The van der Waals surface area contributed by atoms with Gasteiger partial charge in [-0.3, -0.25) is 9.69 Å². The Hall–Kier alpha value is -1.55. The van der Waals surface area contributed by atoms with Crippen molar-refractivity contribution < 1.29 is 4.79 Å². The Morgan fingerprint density at radius 2 is 1.88 bits per heavy atom. The van der Waals surface area contributed by atoms with Crippen LogP contribution in [0.4, 0.5) is 5.69 Å². The Morgan fingerprint density at radius 3 is 2.52 bits per heavy atom. The number of unbranched alkanes of at least 4 members (excludes halogenated alkanes) is 1. The van der Waals surface area contributed by atoms with E-state index >= 15 is 0 Å². The Morgan fingerprint density at radius 1 is 1.20 bits per heavy atom. The molecule has 0 N–H and O–H groups in total. The number of nitrogens with zero attached hydrogens (tertiary/aromatic N) is 3. The van der Waals surface area contributed by atoms with E-state index in [2.05, 4.69) is 47.7 Å². The molecule has 138 valence electrons. The van der Waals surface area contributed by atoms with E-state index in [4.69, 9.17) is 0 Å². The van der Waals surface area contributed by atoms with Crippen LogP contribution in [0.2, 0.25) is 0 Å². The van der Waals surface area contributed by atoms with Gasteiger partial charge in [0, 0.05) is 43.5 Å². The number of carbonyl (C=O) groups is 1. The molecule has 2 fully saturated rings. The van der Waals surface area contributed by atoms with E-state index in [1.807, 2.05) is 12.1 Å². The number of likely N-dealkylation sites (tertiary alicyclic amines) is 2. The van der Waals surface area contributed by atoms with Crippen LogP contribution < -0.4 is 4.90 Å². The molecule has 25 heavy (non-hydrogen) atoms. The number of rotatable bonds is 6. The fraction of sp³-hybridized carbons (Fsp3) is 0.667. The van der Waals surface area contributed by atoms with E-state index in [9.17, 15) is 4.79 Å². The van der Waals surface area contributed by atoms with E-state index in [1.165, 1.54) is 44.5 Å². The molecule has 2 aliphatic rings. The zero-order valence-electron chi connectivity index (χ0n) is 16.1. The van der Waals surface area contributed by atoms with E-state index in [1.54, 1.807) is 0 Å². The summed E-state index contributed by atoms with van der Waals surface area (Å²) in [6, 6.07) is 9.06. The quantitative estimate of drug-likeness (QED) is 0.789. The van der Waals surface area contributed by atoms with E-state index in [0.717, 1.165) is 25.1 Å². The fourth-order valence-electron chi connectivity index (χ4n) is 4.21. The number of carbonyl (C=O) groups excluding carboxylic acids is 1. The highest BCUT2D eigenvalue weighted by atomic mass is 16.2. The van der Waals surface area contributed by atoms with Gasteiger partial charge < -0.3 is 9.80 Å². The van der Waals surface area contributed by atoms with Crippen LogP contribution >= 0.6 is 0 Å². The highest BCUT2D eigenvalue weighted by Gasteiger charge is 2.36. The van der Waals surface area contributed by atoms with Crippen molar-refractivity contribution in [1.29, 1.82) is 0 Å². The van der Waals surface area contributed by atoms with Gasteiger partial charge in [0.1, 0.15) is 0 Å². The lowest BCUT2D eigenvalue weighted by Gasteiger charge is -2.24. The van der Waals surface area contributed by atoms with Crippen molar-refractivity contribution in [2.45, 2.75) is 58.0 Å². The standard InChI is InChI=1S/C21H33N3O/c1-4-5-12-22(3)19-10-8-18(9-11-19)21(25)24-16-20(15-17(24)2)23-13-6-7-14-23/h8-11,17,20H,4-7,12-16H2,1-3H3/t17-,20+/m0/s1. The van der Waals surface area contributed by atoms with Gasteiger partial charge in [0.05, 0.1) is 0 Å². The van der Waals surface area contributed by atoms with Crippen LogP contribution in [0, 0.1) is 0 Å². The first-order chi connectivity index (χ1) is 12.1. The molecule has 0 spiro atoms. The summed E-state index contributed by atoms with van der Waals surface area (Å²) in [5, 5.41) is 0. The van der Waals surface area contributed by atoms with Crippen molar-refractivity contribution in [3.8, 4) is 0 Å². The van der Waals surface area contributed by atoms with Crippen LogP contribution in [0.1, 0.15) is 56.3 Å². The Balaban J connectivity index is 1.62. The molecule has 2 heterocycles. The van der Waals surface area contributed by atoms with Gasteiger partial charge in [0.25, 0.3) is 5.91 Å².